The second-order valence-corrected chi connectivity index (χ2v) is 6.09. The van der Waals surface area contributed by atoms with Gasteiger partial charge in [-0.3, -0.25) is 4.79 Å². The van der Waals surface area contributed by atoms with E-state index < -0.39 is 17.1 Å². The Bertz CT molecular complexity index is 771. The molecular formula is C14H12BrClN2O3. The van der Waals surface area contributed by atoms with Gasteiger partial charge in [-0.05, 0) is 24.1 Å². The van der Waals surface area contributed by atoms with E-state index >= 15 is 0 Å². The van der Waals surface area contributed by atoms with Crippen molar-refractivity contribution in [1.29, 1.82) is 0 Å². The quantitative estimate of drug-likeness (QED) is 0.896. The van der Waals surface area contributed by atoms with E-state index in [1.807, 2.05) is 13.8 Å². The number of aromatic nitrogens is 2. The van der Waals surface area contributed by atoms with Crippen LogP contribution in [-0.4, -0.2) is 20.9 Å². The Balaban J connectivity index is 2.75. The lowest BCUT2D eigenvalue weighted by Gasteiger charge is -2.12. The van der Waals surface area contributed by atoms with Crippen molar-refractivity contribution < 1.29 is 9.90 Å². The van der Waals surface area contributed by atoms with Gasteiger partial charge in [-0.2, -0.15) is 5.10 Å². The van der Waals surface area contributed by atoms with Crippen LogP contribution in [0.2, 0.25) is 5.02 Å². The van der Waals surface area contributed by atoms with Gasteiger partial charge in [0.25, 0.3) is 0 Å². The SMILES string of the molecule is CC(C)c1cn(-c2ccc(Br)cc2Cl)nc(C(=O)O)c1=O. The van der Waals surface area contributed by atoms with Crippen molar-refractivity contribution in [3.8, 4) is 5.69 Å². The molecule has 0 fully saturated rings. The fraction of sp³-hybridized carbons (Fsp3) is 0.214. The van der Waals surface area contributed by atoms with Crippen LogP contribution in [0.3, 0.4) is 0 Å². The summed E-state index contributed by atoms with van der Waals surface area (Å²) >= 11 is 9.45. The largest absolute Gasteiger partial charge is 0.476 e. The normalized spacial score (nSPS) is 10.9. The average Bonchev–Trinajstić information content (AvgIpc) is 2.38. The fourth-order valence-corrected chi connectivity index (χ4v) is 2.61. The van der Waals surface area contributed by atoms with Gasteiger partial charge in [-0.15, -0.1) is 0 Å². The highest BCUT2D eigenvalue weighted by molar-refractivity contribution is 9.10. The van der Waals surface area contributed by atoms with Gasteiger partial charge in [0.05, 0.1) is 10.7 Å². The third-order valence-electron chi connectivity index (χ3n) is 2.93. The van der Waals surface area contributed by atoms with Gasteiger partial charge in [0.2, 0.25) is 11.1 Å². The molecule has 21 heavy (non-hydrogen) atoms. The number of carboxylic acid groups (broad SMARTS) is 1. The maximum atomic E-state index is 12.1. The van der Waals surface area contributed by atoms with E-state index in [1.165, 1.54) is 10.9 Å². The van der Waals surface area contributed by atoms with Gasteiger partial charge >= 0.3 is 5.97 Å². The van der Waals surface area contributed by atoms with Gasteiger partial charge in [-0.1, -0.05) is 41.4 Å². The molecule has 2 aromatic rings. The Morgan fingerprint density at radius 2 is 2.10 bits per heavy atom. The van der Waals surface area contributed by atoms with Crippen LogP contribution < -0.4 is 5.43 Å². The summed E-state index contributed by atoms with van der Waals surface area (Å²) in [7, 11) is 0. The summed E-state index contributed by atoms with van der Waals surface area (Å²) in [6.45, 7) is 3.63. The Labute approximate surface area is 134 Å². The molecular weight excluding hydrogens is 360 g/mol. The standard InChI is InChI=1S/C14H12BrClN2O3/c1-7(2)9-6-18(17-12(13(9)19)14(20)21)11-4-3-8(15)5-10(11)16/h3-7H,1-2H3,(H,20,21). The Hall–Kier alpha value is -1.66. The highest BCUT2D eigenvalue weighted by atomic mass is 79.9. The molecule has 110 valence electrons. The molecule has 0 spiro atoms. The molecule has 0 unspecified atom stereocenters. The first-order valence-electron chi connectivity index (χ1n) is 6.14. The van der Waals surface area contributed by atoms with Gasteiger partial charge in [0.15, 0.2) is 0 Å². The molecule has 1 heterocycles. The van der Waals surface area contributed by atoms with Gasteiger partial charge in [-0.25, -0.2) is 9.48 Å². The molecule has 0 atom stereocenters. The number of carboxylic acids is 1. The van der Waals surface area contributed by atoms with Crippen molar-refractivity contribution in [3.05, 3.63) is 55.4 Å². The molecule has 2 rings (SSSR count). The molecule has 1 N–H and O–H groups in total. The van der Waals surface area contributed by atoms with Crippen LogP contribution in [0.5, 0.6) is 0 Å². The van der Waals surface area contributed by atoms with Crippen LogP contribution in [0.4, 0.5) is 0 Å². The van der Waals surface area contributed by atoms with E-state index in [0.29, 0.717) is 16.3 Å². The summed E-state index contributed by atoms with van der Waals surface area (Å²) in [5.41, 5.74) is -0.201. The Morgan fingerprint density at radius 3 is 2.62 bits per heavy atom. The zero-order valence-electron chi connectivity index (χ0n) is 11.3. The topological polar surface area (TPSA) is 72.2 Å². The monoisotopic (exact) mass is 370 g/mol. The molecule has 0 bridgehead atoms. The number of rotatable bonds is 3. The van der Waals surface area contributed by atoms with Crippen LogP contribution in [0.15, 0.2) is 33.7 Å². The van der Waals surface area contributed by atoms with E-state index in [2.05, 4.69) is 21.0 Å². The van der Waals surface area contributed by atoms with E-state index in [0.717, 1.165) is 4.47 Å². The first-order chi connectivity index (χ1) is 9.81. The average molecular weight is 372 g/mol. The van der Waals surface area contributed by atoms with E-state index in [4.69, 9.17) is 16.7 Å². The molecule has 7 heteroatoms. The number of nitrogens with zero attached hydrogens (tertiary/aromatic N) is 2. The maximum absolute atomic E-state index is 12.1. The van der Waals surface area contributed by atoms with Crippen LogP contribution in [0.25, 0.3) is 5.69 Å². The first kappa shape index (κ1) is 15.7. The lowest BCUT2D eigenvalue weighted by molar-refractivity contribution is 0.0686. The third-order valence-corrected chi connectivity index (χ3v) is 3.72. The molecule has 1 aromatic carbocycles. The summed E-state index contributed by atoms with van der Waals surface area (Å²) in [4.78, 5) is 23.3. The molecule has 0 saturated carbocycles. The van der Waals surface area contributed by atoms with Gasteiger partial charge < -0.3 is 5.11 Å². The summed E-state index contributed by atoms with van der Waals surface area (Å²) in [5.74, 6) is -1.48. The van der Waals surface area contributed by atoms with Gasteiger partial charge in [0.1, 0.15) is 0 Å². The number of hydrogen-bond donors (Lipinski definition) is 1. The number of aromatic carboxylic acids is 1. The van der Waals surface area contributed by atoms with Crippen LogP contribution >= 0.6 is 27.5 Å². The molecule has 0 radical (unpaired) electrons. The van der Waals surface area contributed by atoms with Crippen LogP contribution in [0.1, 0.15) is 35.8 Å². The summed E-state index contributed by atoms with van der Waals surface area (Å²) in [6.07, 6.45) is 1.52. The smallest absolute Gasteiger partial charge is 0.360 e. The van der Waals surface area contributed by atoms with Crippen molar-refractivity contribution in [2.45, 2.75) is 19.8 Å². The summed E-state index contributed by atoms with van der Waals surface area (Å²) < 4.78 is 2.12. The molecule has 0 aliphatic carbocycles. The number of hydrogen-bond acceptors (Lipinski definition) is 3. The number of carbonyl (C=O) groups is 1. The highest BCUT2D eigenvalue weighted by Crippen LogP contribution is 2.24. The van der Waals surface area contributed by atoms with Crippen molar-refractivity contribution in [2.24, 2.45) is 0 Å². The number of benzene rings is 1. The predicted molar refractivity (Wildman–Crippen MR) is 83.6 cm³/mol. The van der Waals surface area contributed by atoms with E-state index in [-0.39, 0.29) is 5.92 Å². The highest BCUT2D eigenvalue weighted by Gasteiger charge is 2.18. The summed E-state index contributed by atoms with van der Waals surface area (Å²) in [5, 5.41) is 13.4. The minimum atomic E-state index is -1.36. The van der Waals surface area contributed by atoms with Crippen LogP contribution in [-0.2, 0) is 0 Å². The van der Waals surface area contributed by atoms with E-state index in [1.54, 1.807) is 18.2 Å². The van der Waals surface area contributed by atoms with Crippen molar-refractivity contribution in [1.82, 2.24) is 9.78 Å². The minimum Gasteiger partial charge on any atom is -0.476 e. The van der Waals surface area contributed by atoms with E-state index in [9.17, 15) is 9.59 Å². The number of halogens is 2. The third kappa shape index (κ3) is 3.16. The zero-order chi connectivity index (χ0) is 15.7. The minimum absolute atomic E-state index is 0.126. The van der Waals surface area contributed by atoms with Crippen molar-refractivity contribution in [3.63, 3.8) is 0 Å². The Kier molecular flexibility index (Phi) is 4.49. The molecule has 0 amide bonds. The predicted octanol–water partition coefficient (Wildman–Crippen LogP) is 3.47. The van der Waals surface area contributed by atoms with Crippen molar-refractivity contribution in [2.75, 3.05) is 0 Å². The lowest BCUT2D eigenvalue weighted by atomic mass is 10.0. The van der Waals surface area contributed by atoms with Crippen molar-refractivity contribution >= 4 is 33.5 Å². The maximum Gasteiger partial charge on any atom is 0.360 e. The second-order valence-electron chi connectivity index (χ2n) is 4.76. The molecule has 1 aromatic heterocycles. The molecule has 0 saturated heterocycles. The molecule has 0 aliphatic heterocycles. The Morgan fingerprint density at radius 1 is 1.43 bits per heavy atom. The molecule has 5 nitrogen and oxygen atoms in total. The second kappa shape index (κ2) is 5.99. The lowest BCUT2D eigenvalue weighted by Crippen LogP contribution is -2.25. The zero-order valence-corrected chi connectivity index (χ0v) is 13.6. The summed E-state index contributed by atoms with van der Waals surface area (Å²) in [6, 6.07) is 5.13. The first-order valence-corrected chi connectivity index (χ1v) is 7.31. The van der Waals surface area contributed by atoms with Gasteiger partial charge in [0, 0.05) is 16.2 Å². The molecule has 0 aliphatic rings. The van der Waals surface area contributed by atoms with Crippen LogP contribution in [0, 0.1) is 0 Å². The fourth-order valence-electron chi connectivity index (χ4n) is 1.85.